The van der Waals surface area contributed by atoms with Crippen molar-refractivity contribution in [1.29, 1.82) is 0 Å². The number of hydrogen-bond acceptors (Lipinski definition) is 1. The molecule has 66 valence electrons. The van der Waals surface area contributed by atoms with Crippen molar-refractivity contribution in [2.75, 3.05) is 0 Å². The molecule has 0 amide bonds. The van der Waals surface area contributed by atoms with Crippen LogP contribution in [0.15, 0.2) is 12.1 Å². The third kappa shape index (κ3) is 1.51. The SMILES string of the molecule is Cc1ccc(C)c(C(C)O)c1C. The summed E-state index contributed by atoms with van der Waals surface area (Å²) in [7, 11) is 0. The molecule has 1 nitrogen and oxygen atoms in total. The van der Waals surface area contributed by atoms with Gasteiger partial charge in [-0.05, 0) is 49.9 Å². The van der Waals surface area contributed by atoms with Crippen molar-refractivity contribution < 1.29 is 5.11 Å². The van der Waals surface area contributed by atoms with Gasteiger partial charge in [0.2, 0.25) is 0 Å². The highest BCUT2D eigenvalue weighted by Gasteiger charge is 2.09. The first-order chi connectivity index (χ1) is 5.54. The monoisotopic (exact) mass is 164 g/mol. The summed E-state index contributed by atoms with van der Waals surface area (Å²) in [5.74, 6) is 0. The summed E-state index contributed by atoms with van der Waals surface area (Å²) in [6.45, 7) is 7.98. The van der Waals surface area contributed by atoms with Crippen molar-refractivity contribution in [2.45, 2.75) is 33.8 Å². The quantitative estimate of drug-likeness (QED) is 0.676. The van der Waals surface area contributed by atoms with Gasteiger partial charge in [-0.3, -0.25) is 0 Å². The first-order valence-electron chi connectivity index (χ1n) is 4.28. The van der Waals surface area contributed by atoms with Gasteiger partial charge < -0.3 is 5.11 Å². The summed E-state index contributed by atoms with van der Waals surface area (Å²) in [6.07, 6.45) is -0.357. The molecule has 0 aliphatic heterocycles. The molecule has 0 fully saturated rings. The van der Waals surface area contributed by atoms with E-state index in [1.54, 1.807) is 0 Å². The second-order valence-corrected chi connectivity index (χ2v) is 3.41. The number of benzene rings is 1. The lowest BCUT2D eigenvalue weighted by molar-refractivity contribution is 0.197. The van der Waals surface area contributed by atoms with E-state index in [1.165, 1.54) is 16.7 Å². The smallest absolute Gasteiger partial charge is 0.0767 e. The molecule has 0 heterocycles. The number of rotatable bonds is 1. The Kier molecular flexibility index (Phi) is 2.53. The van der Waals surface area contributed by atoms with E-state index in [9.17, 15) is 5.11 Å². The maximum Gasteiger partial charge on any atom is 0.0767 e. The third-order valence-electron chi connectivity index (χ3n) is 2.42. The molecule has 1 N–H and O–H groups in total. The molecular weight excluding hydrogens is 148 g/mol. The summed E-state index contributed by atoms with van der Waals surface area (Å²) in [5.41, 5.74) is 4.71. The van der Waals surface area contributed by atoms with Gasteiger partial charge in [0.15, 0.2) is 0 Å². The molecule has 0 saturated heterocycles. The zero-order valence-corrected chi connectivity index (χ0v) is 8.18. The predicted octanol–water partition coefficient (Wildman–Crippen LogP) is 2.67. The Balaban J connectivity index is 3.33. The van der Waals surface area contributed by atoms with Crippen LogP contribution in [0.1, 0.15) is 35.3 Å². The number of aryl methyl sites for hydroxylation is 2. The van der Waals surface area contributed by atoms with Gasteiger partial charge in [-0.15, -0.1) is 0 Å². The molecular formula is C11H16O. The van der Waals surface area contributed by atoms with Crippen LogP contribution in [-0.4, -0.2) is 5.11 Å². The van der Waals surface area contributed by atoms with Crippen LogP contribution in [0.5, 0.6) is 0 Å². The average Bonchev–Trinajstić information content (AvgIpc) is 1.97. The van der Waals surface area contributed by atoms with E-state index in [0.29, 0.717) is 0 Å². The Bertz CT molecular complexity index is 287. The van der Waals surface area contributed by atoms with Crippen molar-refractivity contribution in [1.82, 2.24) is 0 Å². The lowest BCUT2D eigenvalue weighted by Gasteiger charge is -2.14. The van der Waals surface area contributed by atoms with E-state index in [-0.39, 0.29) is 6.10 Å². The van der Waals surface area contributed by atoms with Gasteiger partial charge >= 0.3 is 0 Å². The molecule has 1 rings (SSSR count). The van der Waals surface area contributed by atoms with E-state index in [0.717, 1.165) is 5.56 Å². The van der Waals surface area contributed by atoms with Gasteiger partial charge in [0, 0.05) is 0 Å². The summed E-state index contributed by atoms with van der Waals surface area (Å²) in [4.78, 5) is 0. The maximum absolute atomic E-state index is 9.51. The third-order valence-corrected chi connectivity index (χ3v) is 2.42. The molecule has 0 bridgehead atoms. The van der Waals surface area contributed by atoms with E-state index in [2.05, 4.69) is 26.0 Å². The van der Waals surface area contributed by atoms with E-state index < -0.39 is 0 Å². The number of hydrogen-bond donors (Lipinski definition) is 1. The Labute approximate surface area is 74.1 Å². The van der Waals surface area contributed by atoms with Crippen molar-refractivity contribution in [3.8, 4) is 0 Å². The van der Waals surface area contributed by atoms with E-state index in [1.807, 2.05) is 13.8 Å². The minimum absolute atomic E-state index is 0.357. The fourth-order valence-electron chi connectivity index (χ4n) is 1.62. The normalized spacial score (nSPS) is 13.1. The summed E-state index contributed by atoms with van der Waals surface area (Å²) in [5, 5.41) is 9.51. The highest BCUT2D eigenvalue weighted by molar-refractivity contribution is 5.40. The first kappa shape index (κ1) is 9.27. The van der Waals surface area contributed by atoms with Gasteiger partial charge in [0.05, 0.1) is 6.10 Å². The van der Waals surface area contributed by atoms with E-state index >= 15 is 0 Å². The predicted molar refractivity (Wildman–Crippen MR) is 51.3 cm³/mol. The van der Waals surface area contributed by atoms with Crippen LogP contribution >= 0.6 is 0 Å². The highest BCUT2D eigenvalue weighted by atomic mass is 16.3. The van der Waals surface area contributed by atoms with Crippen molar-refractivity contribution in [3.63, 3.8) is 0 Å². The molecule has 0 radical (unpaired) electrons. The van der Waals surface area contributed by atoms with Crippen molar-refractivity contribution in [2.24, 2.45) is 0 Å². The van der Waals surface area contributed by atoms with Crippen LogP contribution in [0.4, 0.5) is 0 Å². The Morgan fingerprint density at radius 1 is 1.08 bits per heavy atom. The van der Waals surface area contributed by atoms with Crippen LogP contribution < -0.4 is 0 Å². The molecule has 1 atom stereocenters. The second-order valence-electron chi connectivity index (χ2n) is 3.41. The van der Waals surface area contributed by atoms with Gasteiger partial charge in [-0.1, -0.05) is 12.1 Å². The number of aliphatic hydroxyl groups is 1. The molecule has 0 aliphatic rings. The van der Waals surface area contributed by atoms with Gasteiger partial charge in [0.1, 0.15) is 0 Å². The molecule has 0 spiro atoms. The first-order valence-corrected chi connectivity index (χ1v) is 4.28. The standard InChI is InChI=1S/C11H16O/c1-7-5-6-8(2)11(9(7)3)10(4)12/h5-6,10,12H,1-4H3. The Morgan fingerprint density at radius 3 is 2.00 bits per heavy atom. The van der Waals surface area contributed by atoms with Crippen molar-refractivity contribution >= 4 is 0 Å². The van der Waals surface area contributed by atoms with Gasteiger partial charge in [-0.25, -0.2) is 0 Å². The largest absolute Gasteiger partial charge is 0.389 e. The zero-order chi connectivity index (χ0) is 9.30. The molecule has 1 unspecified atom stereocenters. The molecule has 12 heavy (non-hydrogen) atoms. The maximum atomic E-state index is 9.51. The second kappa shape index (κ2) is 3.28. The lowest BCUT2D eigenvalue weighted by Crippen LogP contribution is -2.00. The van der Waals surface area contributed by atoms with Gasteiger partial charge in [-0.2, -0.15) is 0 Å². The van der Waals surface area contributed by atoms with Crippen LogP contribution in [0.2, 0.25) is 0 Å². The molecule has 1 aromatic carbocycles. The van der Waals surface area contributed by atoms with Crippen LogP contribution in [0.3, 0.4) is 0 Å². The molecule has 0 aliphatic carbocycles. The van der Waals surface area contributed by atoms with Crippen LogP contribution in [0, 0.1) is 20.8 Å². The Morgan fingerprint density at radius 2 is 1.58 bits per heavy atom. The fraction of sp³-hybridized carbons (Fsp3) is 0.455. The summed E-state index contributed by atoms with van der Waals surface area (Å²) in [6, 6.07) is 4.15. The highest BCUT2D eigenvalue weighted by Crippen LogP contribution is 2.23. The molecule has 0 aromatic heterocycles. The average molecular weight is 164 g/mol. The lowest BCUT2D eigenvalue weighted by atomic mass is 9.95. The minimum atomic E-state index is -0.357. The topological polar surface area (TPSA) is 20.2 Å². The zero-order valence-electron chi connectivity index (χ0n) is 8.18. The summed E-state index contributed by atoms with van der Waals surface area (Å²) < 4.78 is 0. The minimum Gasteiger partial charge on any atom is -0.389 e. The molecule has 0 saturated carbocycles. The fourth-order valence-corrected chi connectivity index (χ4v) is 1.62. The molecule has 1 heteroatoms. The molecule has 1 aromatic rings. The van der Waals surface area contributed by atoms with Crippen LogP contribution in [-0.2, 0) is 0 Å². The van der Waals surface area contributed by atoms with Crippen LogP contribution in [0.25, 0.3) is 0 Å². The van der Waals surface area contributed by atoms with Crippen molar-refractivity contribution in [3.05, 3.63) is 34.4 Å². The van der Waals surface area contributed by atoms with Gasteiger partial charge in [0.25, 0.3) is 0 Å². The van der Waals surface area contributed by atoms with E-state index in [4.69, 9.17) is 0 Å². The number of aliphatic hydroxyl groups excluding tert-OH is 1. The summed E-state index contributed by atoms with van der Waals surface area (Å²) >= 11 is 0. The Hall–Kier alpha value is -0.820.